The lowest BCUT2D eigenvalue weighted by atomic mass is 9.95. The van der Waals surface area contributed by atoms with Crippen LogP contribution < -0.4 is 11.1 Å². The summed E-state index contributed by atoms with van der Waals surface area (Å²) in [6, 6.07) is 6.80. The predicted molar refractivity (Wildman–Crippen MR) is 72.7 cm³/mol. The van der Waals surface area contributed by atoms with Crippen molar-refractivity contribution in [1.29, 1.82) is 0 Å². The monoisotopic (exact) mass is 264 g/mol. The molecule has 0 aliphatic rings. The Morgan fingerprint density at radius 3 is 2.32 bits per heavy atom. The van der Waals surface area contributed by atoms with Crippen molar-refractivity contribution in [2.45, 2.75) is 38.8 Å². The van der Waals surface area contributed by atoms with Gasteiger partial charge in [0.15, 0.2) is 0 Å². The van der Waals surface area contributed by atoms with Crippen molar-refractivity contribution >= 4 is 11.9 Å². The number of carboxylic acids is 1. The van der Waals surface area contributed by atoms with Crippen LogP contribution in [0.5, 0.6) is 0 Å². The van der Waals surface area contributed by atoms with Gasteiger partial charge < -0.3 is 16.2 Å². The summed E-state index contributed by atoms with van der Waals surface area (Å²) in [5.41, 5.74) is 5.59. The van der Waals surface area contributed by atoms with Gasteiger partial charge in [-0.05, 0) is 31.0 Å². The van der Waals surface area contributed by atoms with Crippen LogP contribution in [-0.2, 0) is 11.3 Å². The smallest absolute Gasteiger partial charge is 0.329 e. The molecule has 5 nitrogen and oxygen atoms in total. The summed E-state index contributed by atoms with van der Waals surface area (Å²) in [4.78, 5) is 23.3. The van der Waals surface area contributed by atoms with Gasteiger partial charge in [0.25, 0.3) is 5.91 Å². The second-order valence-corrected chi connectivity index (χ2v) is 4.74. The molecular weight excluding hydrogens is 244 g/mol. The maximum absolute atomic E-state index is 12.0. The Balaban J connectivity index is 2.84. The third kappa shape index (κ3) is 3.79. The SMILES string of the molecule is CCCC(C)(NC(=O)c1ccc(CN)cc1)C(=O)O. The number of aliphatic carboxylic acids is 1. The molecule has 1 rings (SSSR count). The molecule has 19 heavy (non-hydrogen) atoms. The Morgan fingerprint density at radius 1 is 1.32 bits per heavy atom. The van der Waals surface area contributed by atoms with E-state index in [1.165, 1.54) is 6.92 Å². The molecule has 5 heteroatoms. The number of carbonyl (C=O) groups is 2. The van der Waals surface area contributed by atoms with Gasteiger partial charge in [-0.2, -0.15) is 0 Å². The van der Waals surface area contributed by atoms with Gasteiger partial charge in [-0.15, -0.1) is 0 Å². The zero-order chi connectivity index (χ0) is 14.5. The average Bonchev–Trinajstić information content (AvgIpc) is 2.38. The normalized spacial score (nSPS) is 13.6. The number of amides is 1. The Hall–Kier alpha value is -1.88. The molecule has 0 saturated carbocycles. The van der Waals surface area contributed by atoms with Crippen molar-refractivity contribution in [1.82, 2.24) is 5.32 Å². The lowest BCUT2D eigenvalue weighted by Gasteiger charge is -2.25. The molecule has 0 aliphatic carbocycles. The summed E-state index contributed by atoms with van der Waals surface area (Å²) in [6.45, 7) is 3.80. The number of nitrogens with two attached hydrogens (primary N) is 1. The highest BCUT2D eigenvalue weighted by Gasteiger charge is 2.33. The molecule has 0 spiro atoms. The van der Waals surface area contributed by atoms with Crippen molar-refractivity contribution in [3.63, 3.8) is 0 Å². The van der Waals surface area contributed by atoms with Crippen LogP contribution in [0.2, 0.25) is 0 Å². The number of hydrogen-bond donors (Lipinski definition) is 3. The minimum absolute atomic E-state index is 0.384. The molecule has 0 radical (unpaired) electrons. The summed E-state index contributed by atoms with van der Waals surface area (Å²) < 4.78 is 0. The minimum Gasteiger partial charge on any atom is -0.480 e. The van der Waals surface area contributed by atoms with Gasteiger partial charge in [-0.3, -0.25) is 4.79 Å². The summed E-state index contributed by atoms with van der Waals surface area (Å²) >= 11 is 0. The molecule has 0 fully saturated rings. The fourth-order valence-electron chi connectivity index (χ4n) is 1.84. The van der Waals surface area contributed by atoms with Gasteiger partial charge in [-0.25, -0.2) is 4.79 Å². The van der Waals surface area contributed by atoms with E-state index in [2.05, 4.69) is 5.32 Å². The Morgan fingerprint density at radius 2 is 1.89 bits per heavy atom. The molecule has 1 unspecified atom stereocenters. The van der Waals surface area contributed by atoms with Crippen LogP contribution >= 0.6 is 0 Å². The molecule has 0 aromatic heterocycles. The van der Waals surface area contributed by atoms with E-state index in [0.717, 1.165) is 5.56 Å². The maximum atomic E-state index is 12.0. The first-order valence-electron chi connectivity index (χ1n) is 6.28. The summed E-state index contributed by atoms with van der Waals surface area (Å²) in [7, 11) is 0. The molecule has 1 aromatic carbocycles. The summed E-state index contributed by atoms with van der Waals surface area (Å²) in [6.07, 6.45) is 1.06. The van der Waals surface area contributed by atoms with E-state index in [1.54, 1.807) is 24.3 Å². The fraction of sp³-hybridized carbons (Fsp3) is 0.429. The van der Waals surface area contributed by atoms with Gasteiger partial charge >= 0.3 is 5.97 Å². The van der Waals surface area contributed by atoms with E-state index in [4.69, 9.17) is 5.73 Å². The molecule has 104 valence electrons. The standard InChI is InChI=1S/C14H20N2O3/c1-3-8-14(2,13(18)19)16-12(17)11-6-4-10(9-15)5-7-11/h4-7H,3,8-9,15H2,1-2H3,(H,16,17)(H,18,19). The molecule has 4 N–H and O–H groups in total. The average molecular weight is 264 g/mol. The van der Waals surface area contributed by atoms with Crippen molar-refractivity contribution in [3.8, 4) is 0 Å². The third-order valence-corrected chi connectivity index (χ3v) is 3.06. The molecule has 0 aliphatic heterocycles. The van der Waals surface area contributed by atoms with Crippen LogP contribution in [-0.4, -0.2) is 22.5 Å². The molecule has 0 bridgehead atoms. The molecule has 1 aromatic rings. The third-order valence-electron chi connectivity index (χ3n) is 3.06. The molecule has 0 saturated heterocycles. The lowest BCUT2D eigenvalue weighted by molar-refractivity contribution is -0.144. The van der Waals surface area contributed by atoms with Gasteiger partial charge in [0.05, 0.1) is 0 Å². The van der Waals surface area contributed by atoms with E-state index in [-0.39, 0.29) is 5.91 Å². The van der Waals surface area contributed by atoms with Crippen LogP contribution in [0.25, 0.3) is 0 Å². The van der Waals surface area contributed by atoms with Crippen molar-refractivity contribution in [3.05, 3.63) is 35.4 Å². The van der Waals surface area contributed by atoms with E-state index >= 15 is 0 Å². The van der Waals surface area contributed by atoms with E-state index in [0.29, 0.717) is 24.9 Å². The Bertz CT molecular complexity index is 456. The number of carbonyl (C=O) groups excluding carboxylic acids is 1. The van der Waals surface area contributed by atoms with Crippen molar-refractivity contribution in [2.24, 2.45) is 5.73 Å². The van der Waals surface area contributed by atoms with Crippen molar-refractivity contribution in [2.75, 3.05) is 0 Å². The first-order valence-corrected chi connectivity index (χ1v) is 6.28. The van der Waals surface area contributed by atoms with E-state index < -0.39 is 11.5 Å². The number of benzene rings is 1. The fourth-order valence-corrected chi connectivity index (χ4v) is 1.84. The van der Waals surface area contributed by atoms with Gasteiger partial charge in [-0.1, -0.05) is 25.5 Å². The van der Waals surface area contributed by atoms with Crippen LogP contribution in [0.3, 0.4) is 0 Å². The number of hydrogen-bond acceptors (Lipinski definition) is 3. The van der Waals surface area contributed by atoms with E-state index in [9.17, 15) is 14.7 Å². The van der Waals surface area contributed by atoms with E-state index in [1.807, 2.05) is 6.92 Å². The molecule has 1 amide bonds. The van der Waals surface area contributed by atoms with Crippen molar-refractivity contribution < 1.29 is 14.7 Å². The van der Waals surface area contributed by atoms with Gasteiger partial charge in [0.2, 0.25) is 0 Å². The topological polar surface area (TPSA) is 92.4 Å². The lowest BCUT2D eigenvalue weighted by Crippen LogP contribution is -2.52. The summed E-state index contributed by atoms with van der Waals surface area (Å²) in [5.74, 6) is -1.41. The van der Waals surface area contributed by atoms with Crippen LogP contribution in [0.1, 0.15) is 42.6 Å². The molecular formula is C14H20N2O3. The quantitative estimate of drug-likeness (QED) is 0.726. The number of rotatable bonds is 6. The Kier molecular flexibility index (Phi) is 5.06. The van der Waals surface area contributed by atoms with Gasteiger partial charge in [0, 0.05) is 12.1 Å². The number of nitrogens with one attached hydrogen (secondary N) is 1. The zero-order valence-electron chi connectivity index (χ0n) is 11.3. The van der Waals surface area contributed by atoms with Crippen LogP contribution in [0.15, 0.2) is 24.3 Å². The highest BCUT2D eigenvalue weighted by molar-refractivity contribution is 5.97. The largest absolute Gasteiger partial charge is 0.480 e. The first kappa shape index (κ1) is 15.2. The Labute approximate surface area is 112 Å². The minimum atomic E-state index is -1.24. The first-order chi connectivity index (χ1) is 8.92. The van der Waals surface area contributed by atoms with Gasteiger partial charge in [0.1, 0.15) is 5.54 Å². The number of carboxylic acid groups (broad SMARTS) is 1. The zero-order valence-corrected chi connectivity index (χ0v) is 11.3. The van der Waals surface area contributed by atoms with Crippen LogP contribution in [0.4, 0.5) is 0 Å². The molecule has 1 atom stereocenters. The second kappa shape index (κ2) is 6.33. The highest BCUT2D eigenvalue weighted by atomic mass is 16.4. The molecule has 0 heterocycles. The van der Waals surface area contributed by atoms with Crippen LogP contribution in [0, 0.1) is 0 Å². The maximum Gasteiger partial charge on any atom is 0.329 e. The summed E-state index contributed by atoms with van der Waals surface area (Å²) in [5, 5.41) is 11.8. The predicted octanol–water partition coefficient (Wildman–Crippen LogP) is 1.52. The highest BCUT2D eigenvalue weighted by Crippen LogP contribution is 2.14. The second-order valence-electron chi connectivity index (χ2n) is 4.74.